The number of carboxylic acids is 1. The minimum Gasteiger partial charge on any atom is -0.477 e. The summed E-state index contributed by atoms with van der Waals surface area (Å²) in [7, 11) is 0. The van der Waals surface area contributed by atoms with Crippen molar-refractivity contribution in [1.82, 2.24) is 4.98 Å². The molecule has 0 amide bonds. The first-order chi connectivity index (χ1) is 9.51. The van der Waals surface area contributed by atoms with E-state index >= 15 is 0 Å². The molecule has 0 unspecified atom stereocenters. The van der Waals surface area contributed by atoms with Crippen LogP contribution in [0, 0.1) is 13.8 Å². The molecule has 0 radical (unpaired) electrons. The largest absolute Gasteiger partial charge is 0.477 e. The number of ether oxygens (including phenoxy) is 1. The van der Waals surface area contributed by atoms with Crippen molar-refractivity contribution in [2.75, 3.05) is 0 Å². The van der Waals surface area contributed by atoms with E-state index < -0.39 is 5.97 Å². The Kier molecular flexibility index (Phi) is 4.03. The van der Waals surface area contributed by atoms with Gasteiger partial charge in [0.15, 0.2) is 0 Å². The lowest BCUT2D eigenvalue weighted by Crippen LogP contribution is -2.06. The van der Waals surface area contributed by atoms with Gasteiger partial charge >= 0.3 is 5.97 Å². The summed E-state index contributed by atoms with van der Waals surface area (Å²) in [6.07, 6.45) is 0.947. The van der Waals surface area contributed by atoms with Gasteiger partial charge in [0.1, 0.15) is 11.3 Å². The van der Waals surface area contributed by atoms with Gasteiger partial charge in [-0.25, -0.2) is 9.78 Å². The zero-order valence-corrected chi connectivity index (χ0v) is 11.8. The molecule has 0 bridgehead atoms. The van der Waals surface area contributed by atoms with E-state index in [1.165, 1.54) is 5.56 Å². The summed E-state index contributed by atoms with van der Waals surface area (Å²) in [5.41, 5.74) is 2.68. The van der Waals surface area contributed by atoms with Crippen LogP contribution in [0.3, 0.4) is 0 Å². The third kappa shape index (κ3) is 2.96. The highest BCUT2D eigenvalue weighted by atomic mass is 16.5. The summed E-state index contributed by atoms with van der Waals surface area (Å²) < 4.78 is 5.64. The molecule has 0 saturated heterocycles. The van der Waals surface area contributed by atoms with Crippen molar-refractivity contribution >= 4 is 5.97 Å². The van der Waals surface area contributed by atoms with Gasteiger partial charge in [-0.1, -0.05) is 19.1 Å². The zero-order chi connectivity index (χ0) is 14.7. The van der Waals surface area contributed by atoms with Crippen molar-refractivity contribution < 1.29 is 14.6 Å². The fourth-order valence-electron chi connectivity index (χ4n) is 2.04. The highest BCUT2D eigenvalue weighted by molar-refractivity contribution is 5.92. The van der Waals surface area contributed by atoms with Crippen molar-refractivity contribution in [3.63, 3.8) is 0 Å². The molecule has 0 spiro atoms. The topological polar surface area (TPSA) is 59.4 Å². The molecule has 2 aromatic rings. The SMILES string of the molecule is CCc1ccc(Oc2nc(C)cc(C)c2C(=O)O)cc1. The van der Waals surface area contributed by atoms with E-state index in [0.717, 1.165) is 12.1 Å². The maximum Gasteiger partial charge on any atom is 0.341 e. The van der Waals surface area contributed by atoms with E-state index in [4.69, 9.17) is 4.74 Å². The van der Waals surface area contributed by atoms with Crippen LogP contribution in [-0.2, 0) is 6.42 Å². The number of pyridine rings is 1. The molecule has 4 nitrogen and oxygen atoms in total. The number of carbonyl (C=O) groups is 1. The van der Waals surface area contributed by atoms with Crippen molar-refractivity contribution in [1.29, 1.82) is 0 Å². The number of aromatic nitrogens is 1. The molecule has 1 aromatic carbocycles. The fraction of sp³-hybridized carbons (Fsp3) is 0.250. The van der Waals surface area contributed by atoms with Crippen molar-refractivity contribution in [3.05, 3.63) is 52.7 Å². The van der Waals surface area contributed by atoms with Crippen LogP contribution in [-0.4, -0.2) is 16.1 Å². The minimum absolute atomic E-state index is 0.107. The van der Waals surface area contributed by atoms with Crippen LogP contribution in [0.2, 0.25) is 0 Å². The van der Waals surface area contributed by atoms with Gasteiger partial charge in [-0.3, -0.25) is 0 Å². The summed E-state index contributed by atoms with van der Waals surface area (Å²) in [5.74, 6) is -0.309. The summed E-state index contributed by atoms with van der Waals surface area (Å²) in [5, 5.41) is 9.28. The average molecular weight is 271 g/mol. The lowest BCUT2D eigenvalue weighted by Gasteiger charge is -2.11. The molecule has 20 heavy (non-hydrogen) atoms. The molecule has 0 atom stereocenters. The first-order valence-corrected chi connectivity index (χ1v) is 6.49. The summed E-state index contributed by atoms with van der Waals surface area (Å²) in [4.78, 5) is 15.5. The first kappa shape index (κ1) is 14.1. The van der Waals surface area contributed by atoms with E-state index in [2.05, 4.69) is 11.9 Å². The van der Waals surface area contributed by atoms with Crippen LogP contribution in [0.25, 0.3) is 0 Å². The van der Waals surface area contributed by atoms with Crippen LogP contribution in [0.15, 0.2) is 30.3 Å². The molecule has 0 saturated carbocycles. The van der Waals surface area contributed by atoms with Crippen LogP contribution in [0.5, 0.6) is 11.6 Å². The second-order valence-corrected chi connectivity index (χ2v) is 4.67. The molecular formula is C16H17NO3. The molecule has 2 rings (SSSR count). The Morgan fingerprint density at radius 3 is 2.45 bits per heavy atom. The smallest absolute Gasteiger partial charge is 0.341 e. The van der Waals surface area contributed by atoms with Crippen molar-refractivity contribution in [2.45, 2.75) is 27.2 Å². The third-order valence-corrected chi connectivity index (χ3v) is 3.07. The molecule has 104 valence electrons. The zero-order valence-electron chi connectivity index (χ0n) is 11.8. The quantitative estimate of drug-likeness (QED) is 0.920. The molecule has 1 aromatic heterocycles. The number of carboxylic acid groups (broad SMARTS) is 1. The second-order valence-electron chi connectivity index (χ2n) is 4.67. The van der Waals surface area contributed by atoms with Crippen LogP contribution < -0.4 is 4.74 Å². The maximum absolute atomic E-state index is 11.3. The van der Waals surface area contributed by atoms with Gasteiger partial charge in [-0.05, 0) is 49.6 Å². The number of aromatic carboxylic acids is 1. The Balaban J connectivity index is 2.39. The number of nitrogens with zero attached hydrogens (tertiary/aromatic N) is 1. The number of hydrogen-bond donors (Lipinski definition) is 1. The molecule has 1 heterocycles. The van der Waals surface area contributed by atoms with Gasteiger partial charge < -0.3 is 9.84 Å². The Morgan fingerprint density at radius 1 is 1.25 bits per heavy atom. The highest BCUT2D eigenvalue weighted by Gasteiger charge is 2.17. The molecule has 4 heteroatoms. The highest BCUT2D eigenvalue weighted by Crippen LogP contribution is 2.26. The van der Waals surface area contributed by atoms with Crippen LogP contribution in [0.1, 0.15) is 34.1 Å². The molecule has 0 fully saturated rings. The Hall–Kier alpha value is -2.36. The van der Waals surface area contributed by atoms with Crippen molar-refractivity contribution in [3.8, 4) is 11.6 Å². The molecule has 0 aliphatic carbocycles. The predicted octanol–water partition coefficient (Wildman–Crippen LogP) is 3.75. The Labute approximate surface area is 118 Å². The minimum atomic E-state index is -1.03. The Morgan fingerprint density at radius 2 is 1.90 bits per heavy atom. The van der Waals surface area contributed by atoms with Gasteiger partial charge in [0, 0.05) is 5.69 Å². The van der Waals surface area contributed by atoms with E-state index in [0.29, 0.717) is 11.3 Å². The van der Waals surface area contributed by atoms with Crippen LogP contribution in [0.4, 0.5) is 0 Å². The first-order valence-electron chi connectivity index (χ1n) is 6.49. The van der Waals surface area contributed by atoms with Gasteiger partial charge in [0.25, 0.3) is 0 Å². The summed E-state index contributed by atoms with van der Waals surface area (Å²) >= 11 is 0. The standard InChI is InChI=1S/C16H17NO3/c1-4-12-5-7-13(8-6-12)20-15-14(16(18)19)10(2)9-11(3)17-15/h5-9H,4H2,1-3H3,(H,18,19). The van der Waals surface area contributed by atoms with E-state index in [1.807, 2.05) is 31.2 Å². The Bertz CT molecular complexity index is 633. The normalized spacial score (nSPS) is 10.3. The van der Waals surface area contributed by atoms with E-state index in [1.54, 1.807) is 13.0 Å². The van der Waals surface area contributed by atoms with Gasteiger partial charge in [-0.15, -0.1) is 0 Å². The second kappa shape index (κ2) is 5.74. The number of rotatable bonds is 4. The summed E-state index contributed by atoms with van der Waals surface area (Å²) in [6, 6.07) is 9.29. The lowest BCUT2D eigenvalue weighted by atomic mass is 10.1. The van der Waals surface area contributed by atoms with Crippen molar-refractivity contribution in [2.24, 2.45) is 0 Å². The molecule has 1 N–H and O–H groups in total. The molecular weight excluding hydrogens is 254 g/mol. The van der Waals surface area contributed by atoms with E-state index in [-0.39, 0.29) is 11.4 Å². The maximum atomic E-state index is 11.3. The number of benzene rings is 1. The van der Waals surface area contributed by atoms with E-state index in [9.17, 15) is 9.90 Å². The molecule has 0 aliphatic rings. The number of hydrogen-bond acceptors (Lipinski definition) is 3. The van der Waals surface area contributed by atoms with Gasteiger partial charge in [-0.2, -0.15) is 0 Å². The van der Waals surface area contributed by atoms with Gasteiger partial charge in [0.05, 0.1) is 0 Å². The fourth-order valence-corrected chi connectivity index (χ4v) is 2.04. The molecule has 0 aliphatic heterocycles. The monoisotopic (exact) mass is 271 g/mol. The summed E-state index contributed by atoms with van der Waals surface area (Å²) in [6.45, 7) is 5.63. The van der Waals surface area contributed by atoms with Gasteiger partial charge in [0.2, 0.25) is 5.88 Å². The predicted molar refractivity (Wildman–Crippen MR) is 76.6 cm³/mol. The third-order valence-electron chi connectivity index (χ3n) is 3.07. The van der Waals surface area contributed by atoms with Crippen LogP contribution >= 0.6 is 0 Å². The number of aryl methyl sites for hydroxylation is 3. The lowest BCUT2D eigenvalue weighted by molar-refractivity contribution is 0.0692. The average Bonchev–Trinajstić information content (AvgIpc) is 2.38.